The number of hydrogen-bond donors (Lipinski definition) is 3. The number of urea groups is 1. The SMILES string of the molecule is Cc1csc([C@@H](C)NC(=O)C(C)(C)NC(=O)Nc2ccccc2)n1. The molecule has 0 aliphatic rings. The van der Waals surface area contributed by atoms with Gasteiger partial charge in [-0.2, -0.15) is 0 Å². The predicted octanol–water partition coefficient (Wildman–Crippen LogP) is 3.23. The topological polar surface area (TPSA) is 83.1 Å². The summed E-state index contributed by atoms with van der Waals surface area (Å²) in [5.74, 6) is -0.272. The predicted molar refractivity (Wildman–Crippen MR) is 96.1 cm³/mol. The molecule has 0 aliphatic carbocycles. The van der Waals surface area contributed by atoms with Crippen LogP contribution in [0.4, 0.5) is 10.5 Å². The minimum Gasteiger partial charge on any atom is -0.345 e. The van der Waals surface area contributed by atoms with E-state index in [1.54, 1.807) is 26.0 Å². The molecule has 0 saturated carbocycles. The lowest BCUT2D eigenvalue weighted by atomic mass is 10.0. The highest BCUT2D eigenvalue weighted by molar-refractivity contribution is 7.09. The van der Waals surface area contributed by atoms with Gasteiger partial charge in [0.2, 0.25) is 5.91 Å². The van der Waals surface area contributed by atoms with E-state index in [1.807, 2.05) is 37.4 Å². The molecule has 6 nitrogen and oxygen atoms in total. The Labute approximate surface area is 145 Å². The molecular formula is C17H22N4O2S. The Morgan fingerprint density at radius 1 is 1.21 bits per heavy atom. The Kier molecular flexibility index (Phi) is 5.56. The largest absolute Gasteiger partial charge is 0.345 e. The fourth-order valence-corrected chi connectivity index (χ4v) is 2.84. The lowest BCUT2D eigenvalue weighted by molar-refractivity contribution is -0.126. The third-order valence-corrected chi connectivity index (χ3v) is 4.53. The average molecular weight is 346 g/mol. The number of benzene rings is 1. The minimum atomic E-state index is -1.06. The summed E-state index contributed by atoms with van der Waals surface area (Å²) < 4.78 is 0. The van der Waals surface area contributed by atoms with Crippen molar-refractivity contribution in [1.29, 1.82) is 0 Å². The molecule has 0 fully saturated rings. The number of aromatic nitrogens is 1. The number of thiazole rings is 1. The number of anilines is 1. The first-order valence-electron chi connectivity index (χ1n) is 7.65. The molecule has 0 unspecified atom stereocenters. The molecule has 2 aromatic rings. The number of nitrogens with zero attached hydrogens (tertiary/aromatic N) is 1. The molecule has 0 saturated heterocycles. The summed E-state index contributed by atoms with van der Waals surface area (Å²) in [6, 6.07) is 8.42. The van der Waals surface area contributed by atoms with E-state index in [9.17, 15) is 9.59 Å². The third kappa shape index (κ3) is 4.79. The van der Waals surface area contributed by atoms with E-state index in [1.165, 1.54) is 11.3 Å². The lowest BCUT2D eigenvalue weighted by Crippen LogP contribution is -2.56. The normalized spacial score (nSPS) is 12.3. The monoisotopic (exact) mass is 346 g/mol. The van der Waals surface area contributed by atoms with E-state index >= 15 is 0 Å². The minimum absolute atomic E-state index is 0.213. The molecule has 1 aromatic heterocycles. The molecule has 128 valence electrons. The van der Waals surface area contributed by atoms with Crippen LogP contribution in [0, 0.1) is 6.92 Å². The van der Waals surface area contributed by atoms with E-state index in [4.69, 9.17) is 0 Å². The lowest BCUT2D eigenvalue weighted by Gasteiger charge is -2.26. The van der Waals surface area contributed by atoms with Gasteiger partial charge in [-0.25, -0.2) is 9.78 Å². The van der Waals surface area contributed by atoms with Gasteiger partial charge in [0, 0.05) is 16.8 Å². The Bertz CT molecular complexity index is 712. The molecule has 1 heterocycles. The zero-order valence-electron chi connectivity index (χ0n) is 14.2. The highest BCUT2D eigenvalue weighted by atomic mass is 32.1. The second-order valence-electron chi connectivity index (χ2n) is 6.09. The summed E-state index contributed by atoms with van der Waals surface area (Å²) in [6.07, 6.45) is 0. The van der Waals surface area contributed by atoms with Gasteiger partial charge in [-0.15, -0.1) is 11.3 Å². The fourth-order valence-electron chi connectivity index (χ4n) is 2.03. The molecular weight excluding hydrogens is 324 g/mol. The Morgan fingerprint density at radius 3 is 2.46 bits per heavy atom. The van der Waals surface area contributed by atoms with Crippen molar-refractivity contribution in [1.82, 2.24) is 15.6 Å². The summed E-state index contributed by atoms with van der Waals surface area (Å²) in [5, 5.41) is 11.1. The van der Waals surface area contributed by atoms with Crippen LogP contribution < -0.4 is 16.0 Å². The molecule has 0 aliphatic heterocycles. The average Bonchev–Trinajstić information content (AvgIpc) is 2.94. The molecule has 3 amide bonds. The Hall–Kier alpha value is -2.41. The standard InChI is InChI=1S/C17H22N4O2S/c1-11-10-24-14(18-11)12(2)19-15(22)17(3,4)21-16(23)20-13-8-6-5-7-9-13/h5-10,12H,1-4H3,(H,19,22)(H2,20,21,23)/t12-/m1/s1. The molecule has 0 radical (unpaired) electrons. The number of aryl methyl sites for hydroxylation is 1. The van der Waals surface area contributed by atoms with Crippen LogP contribution in [-0.4, -0.2) is 22.5 Å². The summed E-state index contributed by atoms with van der Waals surface area (Å²) >= 11 is 1.50. The summed E-state index contributed by atoms with van der Waals surface area (Å²) in [6.45, 7) is 7.10. The van der Waals surface area contributed by atoms with E-state index in [0.717, 1.165) is 10.7 Å². The number of amides is 3. The van der Waals surface area contributed by atoms with Gasteiger partial charge in [-0.05, 0) is 39.8 Å². The molecule has 1 aromatic carbocycles. The molecule has 3 N–H and O–H groups in total. The smallest absolute Gasteiger partial charge is 0.320 e. The number of rotatable bonds is 5. The van der Waals surface area contributed by atoms with Crippen molar-refractivity contribution in [2.24, 2.45) is 0 Å². The second-order valence-corrected chi connectivity index (χ2v) is 6.98. The van der Waals surface area contributed by atoms with E-state index in [2.05, 4.69) is 20.9 Å². The van der Waals surface area contributed by atoms with Gasteiger partial charge >= 0.3 is 6.03 Å². The maximum Gasteiger partial charge on any atom is 0.320 e. The fraction of sp³-hybridized carbons (Fsp3) is 0.353. The van der Waals surface area contributed by atoms with Crippen molar-refractivity contribution in [3.05, 3.63) is 46.4 Å². The van der Waals surface area contributed by atoms with Crippen molar-refractivity contribution in [2.75, 3.05) is 5.32 Å². The van der Waals surface area contributed by atoms with E-state index in [-0.39, 0.29) is 11.9 Å². The number of carbonyl (C=O) groups is 2. The van der Waals surface area contributed by atoms with Crippen molar-refractivity contribution < 1.29 is 9.59 Å². The number of hydrogen-bond acceptors (Lipinski definition) is 4. The first kappa shape index (κ1) is 17.9. The summed E-state index contributed by atoms with van der Waals surface area (Å²) in [5.41, 5.74) is 0.535. The quantitative estimate of drug-likeness (QED) is 0.777. The highest BCUT2D eigenvalue weighted by Gasteiger charge is 2.31. The number of para-hydroxylation sites is 1. The maximum atomic E-state index is 12.5. The van der Waals surface area contributed by atoms with Crippen LogP contribution in [0.5, 0.6) is 0 Å². The van der Waals surface area contributed by atoms with Gasteiger partial charge in [0.25, 0.3) is 0 Å². The number of carbonyl (C=O) groups excluding carboxylic acids is 2. The molecule has 7 heteroatoms. The van der Waals surface area contributed by atoms with Gasteiger partial charge in [0.1, 0.15) is 10.5 Å². The zero-order valence-corrected chi connectivity index (χ0v) is 15.0. The Morgan fingerprint density at radius 2 is 1.88 bits per heavy atom. The van der Waals surface area contributed by atoms with Crippen LogP contribution in [0.15, 0.2) is 35.7 Å². The van der Waals surface area contributed by atoms with Crippen LogP contribution in [-0.2, 0) is 4.79 Å². The van der Waals surface area contributed by atoms with Crippen LogP contribution >= 0.6 is 11.3 Å². The maximum absolute atomic E-state index is 12.5. The summed E-state index contributed by atoms with van der Waals surface area (Å²) in [7, 11) is 0. The molecule has 1 atom stereocenters. The second kappa shape index (κ2) is 7.44. The molecule has 2 rings (SSSR count). The van der Waals surface area contributed by atoms with Crippen molar-refractivity contribution in [3.63, 3.8) is 0 Å². The van der Waals surface area contributed by atoms with Gasteiger partial charge in [-0.1, -0.05) is 18.2 Å². The molecule has 24 heavy (non-hydrogen) atoms. The van der Waals surface area contributed by atoms with Gasteiger partial charge in [0.05, 0.1) is 6.04 Å². The first-order valence-corrected chi connectivity index (χ1v) is 8.53. The zero-order chi connectivity index (χ0) is 17.7. The van der Waals surface area contributed by atoms with Crippen molar-refractivity contribution >= 4 is 29.0 Å². The van der Waals surface area contributed by atoms with Crippen LogP contribution in [0.3, 0.4) is 0 Å². The van der Waals surface area contributed by atoms with Crippen LogP contribution in [0.2, 0.25) is 0 Å². The van der Waals surface area contributed by atoms with Gasteiger partial charge in [-0.3, -0.25) is 4.79 Å². The van der Waals surface area contributed by atoms with E-state index < -0.39 is 11.6 Å². The van der Waals surface area contributed by atoms with Crippen LogP contribution in [0.1, 0.15) is 37.5 Å². The molecule has 0 spiro atoms. The van der Waals surface area contributed by atoms with E-state index in [0.29, 0.717) is 5.69 Å². The van der Waals surface area contributed by atoms with Gasteiger partial charge < -0.3 is 16.0 Å². The first-order chi connectivity index (χ1) is 11.3. The third-order valence-electron chi connectivity index (χ3n) is 3.38. The van der Waals surface area contributed by atoms with Crippen molar-refractivity contribution in [2.45, 2.75) is 39.3 Å². The highest BCUT2D eigenvalue weighted by Crippen LogP contribution is 2.18. The van der Waals surface area contributed by atoms with Crippen LogP contribution in [0.25, 0.3) is 0 Å². The number of nitrogens with one attached hydrogen (secondary N) is 3. The summed E-state index contributed by atoms with van der Waals surface area (Å²) in [4.78, 5) is 28.9. The molecule has 0 bridgehead atoms. The Balaban J connectivity index is 1.93. The van der Waals surface area contributed by atoms with Crippen molar-refractivity contribution in [3.8, 4) is 0 Å². The van der Waals surface area contributed by atoms with Gasteiger partial charge in [0.15, 0.2) is 0 Å².